The zero-order valence-electron chi connectivity index (χ0n) is 12.9. The Morgan fingerprint density at radius 1 is 0.632 bits per heavy atom. The van der Waals surface area contributed by atoms with Gasteiger partial charge in [0.15, 0.2) is 0 Å². The second-order valence-corrected chi connectivity index (χ2v) is 5.92. The van der Waals surface area contributed by atoms with Gasteiger partial charge in [0.05, 0.1) is 0 Å². The lowest BCUT2D eigenvalue weighted by Crippen LogP contribution is -2.08. The lowest BCUT2D eigenvalue weighted by Gasteiger charge is -2.09. The van der Waals surface area contributed by atoms with Crippen LogP contribution >= 0.6 is 0 Å². The molecule has 0 atom stereocenters. The van der Waals surface area contributed by atoms with E-state index in [4.69, 9.17) is 0 Å². The fraction of sp³-hybridized carbons (Fsp3) is 0.941. The van der Waals surface area contributed by atoms with Crippen molar-refractivity contribution in [1.82, 2.24) is 0 Å². The highest BCUT2D eigenvalue weighted by Gasteiger charge is 2.19. The summed E-state index contributed by atoms with van der Waals surface area (Å²) in [6.07, 6.45) is 15.8. The van der Waals surface area contributed by atoms with Crippen LogP contribution < -0.4 is 0 Å². The summed E-state index contributed by atoms with van der Waals surface area (Å²) in [6, 6.07) is 0. The number of rotatable bonds is 14. The number of hydrogen-bond donors (Lipinski definition) is 0. The molecule has 0 aromatic rings. The van der Waals surface area contributed by atoms with Crippen LogP contribution in [0.25, 0.3) is 0 Å². The van der Waals surface area contributed by atoms with Gasteiger partial charge in [0.1, 0.15) is 0 Å². The Hall–Kier alpha value is -0.140. The maximum atomic E-state index is 12.5. The maximum Gasteiger partial charge on any atom is 0.245 e. The minimum Gasteiger partial charge on any atom is -0.207 e. The Morgan fingerprint density at radius 2 is 0.947 bits per heavy atom. The predicted molar refractivity (Wildman–Crippen MR) is 80.6 cm³/mol. The third-order valence-corrected chi connectivity index (χ3v) is 3.62. The number of halogens is 2. The van der Waals surface area contributed by atoms with Crippen molar-refractivity contribution in [2.45, 2.75) is 103 Å². The van der Waals surface area contributed by atoms with E-state index in [9.17, 15) is 8.78 Å². The summed E-state index contributed by atoms with van der Waals surface area (Å²) in [7, 11) is 0. The van der Waals surface area contributed by atoms with E-state index in [1.54, 1.807) is 0 Å². The van der Waals surface area contributed by atoms with Gasteiger partial charge in [-0.1, -0.05) is 84.0 Å². The van der Waals surface area contributed by atoms with Crippen molar-refractivity contribution in [2.24, 2.45) is 0 Å². The van der Waals surface area contributed by atoms with Crippen molar-refractivity contribution in [3.63, 3.8) is 0 Å². The molecule has 0 aliphatic carbocycles. The Morgan fingerprint density at radius 3 is 1.26 bits per heavy atom. The van der Waals surface area contributed by atoms with Gasteiger partial charge in [0, 0.05) is 6.42 Å². The lowest BCUT2D eigenvalue weighted by molar-refractivity contribution is 0.0103. The van der Waals surface area contributed by atoms with Crippen LogP contribution in [0.15, 0.2) is 0 Å². The minimum absolute atomic E-state index is 0.0558. The van der Waals surface area contributed by atoms with Crippen LogP contribution in [0.3, 0.4) is 0 Å². The molecule has 0 aromatic heterocycles. The van der Waals surface area contributed by atoms with Gasteiger partial charge >= 0.3 is 0 Å². The van der Waals surface area contributed by atoms with E-state index in [2.05, 4.69) is 6.92 Å². The number of hydrogen-bond acceptors (Lipinski definition) is 0. The molecule has 0 spiro atoms. The lowest BCUT2D eigenvalue weighted by atomic mass is 10.0. The molecule has 0 saturated carbocycles. The summed E-state index contributed by atoms with van der Waals surface area (Å²) in [5, 5.41) is 0. The molecule has 115 valence electrons. The van der Waals surface area contributed by atoms with Gasteiger partial charge in [-0.2, -0.15) is 0 Å². The second-order valence-electron chi connectivity index (χ2n) is 5.92. The summed E-state index contributed by atoms with van der Waals surface area (Å²) in [5.74, 6) is -2.46. The minimum atomic E-state index is -2.46. The molecular formula is C17H33F2. The number of alkyl halides is 2. The van der Waals surface area contributed by atoms with E-state index in [-0.39, 0.29) is 6.42 Å². The van der Waals surface area contributed by atoms with Crippen LogP contribution in [0.2, 0.25) is 0 Å². The van der Waals surface area contributed by atoms with Crippen LogP contribution in [0.4, 0.5) is 8.78 Å². The summed E-state index contributed by atoms with van der Waals surface area (Å²) < 4.78 is 25.1. The topological polar surface area (TPSA) is 0 Å². The molecule has 0 unspecified atom stereocenters. The molecule has 0 aliphatic rings. The van der Waals surface area contributed by atoms with Crippen LogP contribution in [0.1, 0.15) is 96.8 Å². The first-order valence-corrected chi connectivity index (χ1v) is 8.23. The predicted octanol–water partition coefficient (Wildman–Crippen LogP) is 6.94. The standard InChI is InChI=1S/C17H33F2/c1-3-4-5-6-7-8-9-10-11-12-13-14-15-16-17(2,18)19/h1,3-16H2,2H3. The molecule has 0 aromatic carbocycles. The molecule has 2 heteroatoms. The van der Waals surface area contributed by atoms with Crippen LogP contribution in [-0.4, -0.2) is 5.92 Å². The largest absolute Gasteiger partial charge is 0.245 e. The molecule has 1 radical (unpaired) electrons. The zero-order valence-corrected chi connectivity index (χ0v) is 12.9. The smallest absolute Gasteiger partial charge is 0.207 e. The molecule has 0 saturated heterocycles. The molecule has 0 nitrogen and oxygen atoms in total. The summed E-state index contributed by atoms with van der Waals surface area (Å²) >= 11 is 0. The van der Waals surface area contributed by atoms with Crippen LogP contribution in [0, 0.1) is 6.92 Å². The molecule has 0 N–H and O–H groups in total. The molecule has 0 fully saturated rings. The second kappa shape index (κ2) is 12.9. The van der Waals surface area contributed by atoms with Crippen LogP contribution in [0.5, 0.6) is 0 Å². The Labute approximate surface area is 119 Å². The monoisotopic (exact) mass is 275 g/mol. The van der Waals surface area contributed by atoms with E-state index in [0.717, 1.165) is 26.2 Å². The number of unbranched alkanes of at least 4 members (excludes halogenated alkanes) is 12. The van der Waals surface area contributed by atoms with Crippen LogP contribution in [-0.2, 0) is 0 Å². The highest BCUT2D eigenvalue weighted by molar-refractivity contribution is 4.58. The van der Waals surface area contributed by atoms with Crippen molar-refractivity contribution >= 4 is 0 Å². The van der Waals surface area contributed by atoms with Crippen molar-refractivity contribution in [3.05, 3.63) is 6.92 Å². The molecule has 0 bridgehead atoms. The van der Waals surface area contributed by atoms with Crippen molar-refractivity contribution < 1.29 is 8.78 Å². The van der Waals surface area contributed by atoms with Gasteiger partial charge in [-0.25, -0.2) is 8.78 Å². The normalized spacial score (nSPS) is 12.0. The molecule has 0 rings (SSSR count). The first kappa shape index (κ1) is 18.9. The molecule has 19 heavy (non-hydrogen) atoms. The third kappa shape index (κ3) is 17.9. The van der Waals surface area contributed by atoms with Gasteiger partial charge in [-0.15, -0.1) is 0 Å². The summed E-state index contributed by atoms with van der Waals surface area (Å²) in [6.45, 7) is 4.86. The zero-order chi connectivity index (χ0) is 14.4. The van der Waals surface area contributed by atoms with E-state index in [1.807, 2.05) is 0 Å². The fourth-order valence-corrected chi connectivity index (χ4v) is 2.38. The van der Waals surface area contributed by atoms with Gasteiger partial charge < -0.3 is 0 Å². The van der Waals surface area contributed by atoms with E-state index in [1.165, 1.54) is 57.8 Å². The average Bonchev–Trinajstić information content (AvgIpc) is 2.34. The summed E-state index contributed by atoms with van der Waals surface area (Å²) in [5.41, 5.74) is 0. The molecular weight excluding hydrogens is 242 g/mol. The first-order chi connectivity index (χ1) is 9.06. The quantitative estimate of drug-likeness (QED) is 0.301. The van der Waals surface area contributed by atoms with Crippen molar-refractivity contribution in [1.29, 1.82) is 0 Å². The fourth-order valence-electron chi connectivity index (χ4n) is 2.38. The first-order valence-electron chi connectivity index (χ1n) is 8.23. The van der Waals surface area contributed by atoms with Gasteiger partial charge in [0.2, 0.25) is 5.92 Å². The maximum absolute atomic E-state index is 12.5. The van der Waals surface area contributed by atoms with Gasteiger partial charge in [-0.3, -0.25) is 0 Å². The van der Waals surface area contributed by atoms with E-state index < -0.39 is 5.92 Å². The highest BCUT2D eigenvalue weighted by atomic mass is 19.3. The highest BCUT2D eigenvalue weighted by Crippen LogP contribution is 2.21. The molecule has 0 heterocycles. The molecule has 0 amide bonds. The van der Waals surface area contributed by atoms with E-state index in [0.29, 0.717) is 6.42 Å². The summed E-state index contributed by atoms with van der Waals surface area (Å²) in [4.78, 5) is 0. The van der Waals surface area contributed by atoms with Crippen molar-refractivity contribution in [3.8, 4) is 0 Å². The van der Waals surface area contributed by atoms with E-state index >= 15 is 0 Å². The van der Waals surface area contributed by atoms with Crippen molar-refractivity contribution in [2.75, 3.05) is 0 Å². The Balaban J connectivity index is 2.99. The SMILES string of the molecule is [CH2]CCCCCCCCCCCCCCC(C)(F)F. The Kier molecular flexibility index (Phi) is 12.8. The molecule has 0 aliphatic heterocycles. The average molecular weight is 275 g/mol. The third-order valence-electron chi connectivity index (χ3n) is 3.62. The van der Waals surface area contributed by atoms with Gasteiger partial charge in [-0.05, 0) is 13.3 Å². The van der Waals surface area contributed by atoms with Gasteiger partial charge in [0.25, 0.3) is 0 Å². The Bertz CT molecular complexity index is 173.